The molecule has 0 fully saturated rings. The Morgan fingerprint density at radius 1 is 1.12 bits per heavy atom. The number of benzene rings is 2. The summed E-state index contributed by atoms with van der Waals surface area (Å²) in [5.74, 6) is 1.26. The van der Waals surface area contributed by atoms with Gasteiger partial charge in [0.2, 0.25) is 5.90 Å². The molecule has 0 saturated carbocycles. The van der Waals surface area contributed by atoms with Gasteiger partial charge < -0.3 is 10.1 Å². The topological polar surface area (TPSA) is 33.6 Å². The van der Waals surface area contributed by atoms with Gasteiger partial charge in [0.05, 0.1) is 11.6 Å². The van der Waals surface area contributed by atoms with Crippen molar-refractivity contribution in [2.24, 2.45) is 10.9 Å². The molecule has 0 aromatic heterocycles. The van der Waals surface area contributed by atoms with Crippen LogP contribution in [0.1, 0.15) is 36.1 Å². The number of hydrogen-bond acceptors (Lipinski definition) is 3. The summed E-state index contributed by atoms with van der Waals surface area (Å²) in [5.41, 5.74) is 5.99. The molecule has 0 aliphatic carbocycles. The minimum atomic E-state index is 0.257. The highest BCUT2D eigenvalue weighted by atomic mass is 16.5. The molecule has 3 nitrogen and oxygen atoms in total. The molecule has 2 aromatic carbocycles. The van der Waals surface area contributed by atoms with E-state index in [9.17, 15) is 0 Å². The van der Waals surface area contributed by atoms with Gasteiger partial charge in [-0.2, -0.15) is 0 Å². The molecule has 0 amide bonds. The Hall–Kier alpha value is -2.29. The number of nitrogens with zero attached hydrogens (tertiary/aromatic N) is 1. The molecule has 24 heavy (non-hydrogen) atoms. The Morgan fingerprint density at radius 3 is 2.50 bits per heavy atom. The minimum absolute atomic E-state index is 0.257. The quantitative estimate of drug-likeness (QED) is 0.864. The van der Waals surface area contributed by atoms with E-state index in [-0.39, 0.29) is 6.04 Å². The molecule has 0 unspecified atom stereocenters. The molecule has 126 valence electrons. The van der Waals surface area contributed by atoms with Gasteiger partial charge in [0.1, 0.15) is 6.61 Å². The lowest BCUT2D eigenvalue weighted by Crippen LogP contribution is -2.13. The summed E-state index contributed by atoms with van der Waals surface area (Å²) >= 11 is 0. The zero-order chi connectivity index (χ0) is 17.1. The van der Waals surface area contributed by atoms with Crippen molar-refractivity contribution in [3.63, 3.8) is 0 Å². The lowest BCUT2D eigenvalue weighted by Gasteiger charge is -2.12. The highest BCUT2D eigenvalue weighted by Crippen LogP contribution is 2.23. The van der Waals surface area contributed by atoms with E-state index in [4.69, 9.17) is 9.73 Å². The molecule has 1 aliphatic rings. The van der Waals surface area contributed by atoms with Gasteiger partial charge in [0, 0.05) is 12.2 Å². The molecule has 0 saturated heterocycles. The lowest BCUT2D eigenvalue weighted by atomic mass is 10.1. The Balaban J connectivity index is 1.79. The number of aryl methyl sites for hydroxylation is 2. The smallest absolute Gasteiger partial charge is 0.218 e. The standard InChI is InChI=1S/C21H26N2O/c1-14(2)20-13-24-21(23-20)18-7-5-6-8-19(18)22-12-17-10-15(3)9-16(4)11-17/h5-11,14,20,22H,12-13H2,1-4H3/t20-/m1/s1. The fraction of sp³-hybridized carbons (Fsp3) is 0.381. The van der Waals surface area contributed by atoms with Gasteiger partial charge in [-0.1, -0.05) is 55.3 Å². The summed E-state index contributed by atoms with van der Waals surface area (Å²) < 4.78 is 5.85. The summed E-state index contributed by atoms with van der Waals surface area (Å²) in [6.45, 7) is 10.1. The number of para-hydroxylation sites is 1. The van der Waals surface area contributed by atoms with Crippen molar-refractivity contribution in [3.05, 3.63) is 64.7 Å². The van der Waals surface area contributed by atoms with E-state index in [1.165, 1.54) is 16.7 Å². The molecule has 0 spiro atoms. The van der Waals surface area contributed by atoms with Crippen molar-refractivity contribution in [2.75, 3.05) is 11.9 Å². The maximum Gasteiger partial charge on any atom is 0.218 e. The highest BCUT2D eigenvalue weighted by molar-refractivity contribution is 6.00. The third kappa shape index (κ3) is 3.78. The summed E-state index contributed by atoms with van der Waals surface area (Å²) in [6, 6.07) is 15.1. The number of rotatable bonds is 5. The average Bonchev–Trinajstić information content (AvgIpc) is 3.02. The first-order chi connectivity index (χ1) is 11.5. The normalized spacial score (nSPS) is 16.9. The Kier molecular flexibility index (Phi) is 4.89. The third-order valence-electron chi connectivity index (χ3n) is 4.37. The van der Waals surface area contributed by atoms with Crippen molar-refractivity contribution < 1.29 is 4.74 Å². The summed E-state index contributed by atoms with van der Waals surface area (Å²) in [4.78, 5) is 4.76. The van der Waals surface area contributed by atoms with Crippen LogP contribution in [0.5, 0.6) is 0 Å². The minimum Gasteiger partial charge on any atom is -0.475 e. The van der Waals surface area contributed by atoms with Gasteiger partial charge in [-0.3, -0.25) is 0 Å². The Morgan fingerprint density at radius 2 is 1.83 bits per heavy atom. The number of hydrogen-bond donors (Lipinski definition) is 1. The predicted octanol–water partition coefficient (Wildman–Crippen LogP) is 4.72. The molecule has 1 N–H and O–H groups in total. The van der Waals surface area contributed by atoms with Crippen LogP contribution in [0.15, 0.2) is 47.5 Å². The second-order valence-electron chi connectivity index (χ2n) is 6.95. The van der Waals surface area contributed by atoms with Crippen LogP contribution in [-0.4, -0.2) is 18.5 Å². The first-order valence-corrected chi connectivity index (χ1v) is 8.64. The van der Waals surface area contributed by atoms with Crippen molar-refractivity contribution in [1.82, 2.24) is 0 Å². The first-order valence-electron chi connectivity index (χ1n) is 8.64. The van der Waals surface area contributed by atoms with E-state index in [2.05, 4.69) is 63.3 Å². The average molecular weight is 322 g/mol. The fourth-order valence-electron chi connectivity index (χ4n) is 3.07. The molecule has 3 heteroatoms. The molecule has 1 aliphatic heterocycles. The summed E-state index contributed by atoms with van der Waals surface area (Å²) in [7, 11) is 0. The van der Waals surface area contributed by atoms with Gasteiger partial charge >= 0.3 is 0 Å². The third-order valence-corrected chi connectivity index (χ3v) is 4.37. The van der Waals surface area contributed by atoms with Crippen LogP contribution in [0, 0.1) is 19.8 Å². The molecule has 1 heterocycles. The van der Waals surface area contributed by atoms with Crippen LogP contribution >= 0.6 is 0 Å². The van der Waals surface area contributed by atoms with E-state index >= 15 is 0 Å². The van der Waals surface area contributed by atoms with Gasteiger partial charge in [0.15, 0.2) is 0 Å². The van der Waals surface area contributed by atoms with Crippen LogP contribution < -0.4 is 5.32 Å². The van der Waals surface area contributed by atoms with Crippen molar-refractivity contribution >= 4 is 11.6 Å². The highest BCUT2D eigenvalue weighted by Gasteiger charge is 2.24. The van der Waals surface area contributed by atoms with Crippen LogP contribution in [0.4, 0.5) is 5.69 Å². The number of anilines is 1. The van der Waals surface area contributed by atoms with Crippen LogP contribution in [0.25, 0.3) is 0 Å². The van der Waals surface area contributed by atoms with Crippen molar-refractivity contribution in [3.8, 4) is 0 Å². The van der Waals surface area contributed by atoms with E-state index in [0.717, 1.165) is 23.7 Å². The zero-order valence-electron chi connectivity index (χ0n) is 15.0. The van der Waals surface area contributed by atoms with Crippen LogP contribution in [0.2, 0.25) is 0 Å². The molecule has 3 rings (SSSR count). The maximum absolute atomic E-state index is 5.85. The second-order valence-corrected chi connectivity index (χ2v) is 6.95. The fourth-order valence-corrected chi connectivity index (χ4v) is 3.07. The van der Waals surface area contributed by atoms with Gasteiger partial charge in [0.25, 0.3) is 0 Å². The SMILES string of the molecule is Cc1cc(C)cc(CNc2ccccc2C2=N[C@@H](C(C)C)CO2)c1. The van der Waals surface area contributed by atoms with E-state index in [1.807, 2.05) is 12.1 Å². The van der Waals surface area contributed by atoms with Crippen LogP contribution in [-0.2, 0) is 11.3 Å². The first kappa shape index (κ1) is 16.6. The second kappa shape index (κ2) is 7.08. The van der Waals surface area contributed by atoms with E-state index in [0.29, 0.717) is 12.5 Å². The van der Waals surface area contributed by atoms with Crippen LogP contribution in [0.3, 0.4) is 0 Å². The molecule has 0 bridgehead atoms. The van der Waals surface area contributed by atoms with Gasteiger partial charge in [-0.05, 0) is 37.5 Å². The predicted molar refractivity (Wildman–Crippen MR) is 101 cm³/mol. The van der Waals surface area contributed by atoms with Gasteiger partial charge in [-0.25, -0.2) is 4.99 Å². The Labute approximate surface area is 144 Å². The Bertz CT molecular complexity index is 729. The number of ether oxygens (including phenoxy) is 1. The molecular formula is C21H26N2O. The van der Waals surface area contributed by atoms with Crippen molar-refractivity contribution in [2.45, 2.75) is 40.3 Å². The molecule has 2 aromatic rings. The molecule has 1 atom stereocenters. The van der Waals surface area contributed by atoms with E-state index in [1.54, 1.807) is 0 Å². The number of nitrogens with one attached hydrogen (secondary N) is 1. The maximum atomic E-state index is 5.85. The van der Waals surface area contributed by atoms with E-state index < -0.39 is 0 Å². The zero-order valence-corrected chi connectivity index (χ0v) is 15.0. The van der Waals surface area contributed by atoms with Crippen molar-refractivity contribution in [1.29, 1.82) is 0 Å². The summed E-state index contributed by atoms with van der Waals surface area (Å²) in [5, 5.41) is 3.54. The lowest BCUT2D eigenvalue weighted by molar-refractivity contribution is 0.292. The summed E-state index contributed by atoms with van der Waals surface area (Å²) in [6.07, 6.45) is 0. The molecular weight excluding hydrogens is 296 g/mol. The van der Waals surface area contributed by atoms with Gasteiger partial charge in [-0.15, -0.1) is 0 Å². The largest absolute Gasteiger partial charge is 0.475 e. The molecule has 0 radical (unpaired) electrons. The monoisotopic (exact) mass is 322 g/mol. The number of aliphatic imine (C=N–C) groups is 1.